The van der Waals surface area contributed by atoms with Gasteiger partial charge in [0, 0.05) is 114 Å². The number of amides is 5. The smallest absolute Gasteiger partial charge is 0.416 e. The summed E-state index contributed by atoms with van der Waals surface area (Å²) >= 11 is 0. The van der Waals surface area contributed by atoms with E-state index in [-0.39, 0.29) is 55.5 Å². The zero-order valence-electron chi connectivity index (χ0n) is 57.2. The Balaban J connectivity index is 0.607. The molecule has 7 aromatic carbocycles. The minimum Gasteiger partial charge on any atom is -0.465 e. The zero-order chi connectivity index (χ0) is 71.8. The lowest BCUT2D eigenvalue weighted by molar-refractivity contribution is -0.143. The lowest BCUT2D eigenvalue weighted by Crippen LogP contribution is -2.50. The Bertz CT molecular complexity index is 4020. The Hall–Kier alpha value is -9.00. The Morgan fingerprint density at radius 2 is 1.23 bits per heavy atom. The number of nitrogens with zero attached hydrogens (tertiary/aromatic N) is 8. The fourth-order valence-corrected chi connectivity index (χ4v) is 14.8. The second-order valence-corrected chi connectivity index (χ2v) is 27.3. The molecule has 0 saturated carbocycles. The van der Waals surface area contributed by atoms with Crippen molar-refractivity contribution in [3.63, 3.8) is 0 Å². The standard InChI is InChI=1S/C78H85F7N8O8/c1-86(50-55-14-12-18-59(44-55)72(96)89(4)42-43-90-37-30-65(31-38-90)93(74(98)99)68-21-11-9-19-66(68)56-15-6-5-7-16-56)49-54-22-24-57(25-23-54)71(95)88(3)36-13-35-87(2)70(94)51-100-69-47-58-17-8-10-20-67(58)75(69)32-39-91(40-33-75)41-34-76(61-26-28-64(79)29-27-61)52-92(53-101-76)73(97)60-45-62(77(80,81)82)48-63(46-60)78(83,84)85/h5-12,14-29,44-46,48,65,69H,13,30-43,47,49-53H2,1-4H3,(H,98,99)/t69-,76+/m0/s1. The van der Waals surface area contributed by atoms with E-state index in [1.165, 1.54) is 29.2 Å². The van der Waals surface area contributed by atoms with Crippen molar-refractivity contribution >= 4 is 35.4 Å². The van der Waals surface area contributed by atoms with Crippen LogP contribution < -0.4 is 4.90 Å². The minimum atomic E-state index is -5.15. The molecule has 0 radical (unpaired) electrons. The summed E-state index contributed by atoms with van der Waals surface area (Å²) in [6.45, 7) is 5.38. The van der Waals surface area contributed by atoms with E-state index in [0.717, 1.165) is 38.3 Å². The van der Waals surface area contributed by atoms with Gasteiger partial charge in [-0.1, -0.05) is 109 Å². The zero-order valence-corrected chi connectivity index (χ0v) is 57.2. The van der Waals surface area contributed by atoms with Crippen LogP contribution >= 0.6 is 0 Å². The van der Waals surface area contributed by atoms with Crippen LogP contribution in [-0.4, -0.2) is 188 Å². The van der Waals surface area contributed by atoms with E-state index in [4.69, 9.17) is 9.47 Å². The van der Waals surface area contributed by atoms with Crippen LogP contribution in [0.3, 0.4) is 0 Å². The van der Waals surface area contributed by atoms with Gasteiger partial charge in [0.1, 0.15) is 24.8 Å². The number of likely N-dealkylation sites (N-methyl/N-ethyl adjacent to an activating group) is 2. The Labute approximate surface area is 584 Å². The first-order valence-corrected chi connectivity index (χ1v) is 34.2. The molecule has 534 valence electrons. The first kappa shape index (κ1) is 73.2. The molecule has 3 heterocycles. The fourth-order valence-electron chi connectivity index (χ4n) is 14.8. The number of alkyl halides is 6. The third-order valence-electron chi connectivity index (χ3n) is 20.5. The number of hydrogen-bond acceptors (Lipinski definition) is 10. The minimum absolute atomic E-state index is 0.0295. The van der Waals surface area contributed by atoms with Gasteiger partial charge >= 0.3 is 18.4 Å². The summed E-state index contributed by atoms with van der Waals surface area (Å²) in [6, 6.07) is 46.8. The maximum absolute atomic E-state index is 14.3. The molecular formula is C78H85F7N8O8. The van der Waals surface area contributed by atoms with E-state index in [0.29, 0.717) is 145 Å². The van der Waals surface area contributed by atoms with Crippen molar-refractivity contribution in [3.05, 3.63) is 231 Å². The van der Waals surface area contributed by atoms with Crippen LogP contribution in [-0.2, 0) is 57.1 Å². The monoisotopic (exact) mass is 1390 g/mol. The van der Waals surface area contributed by atoms with E-state index in [2.05, 4.69) is 26.8 Å². The number of hydrogen-bond donors (Lipinski definition) is 1. The van der Waals surface area contributed by atoms with Crippen LogP contribution in [0.15, 0.2) is 170 Å². The number of piperidine rings is 2. The van der Waals surface area contributed by atoms with Gasteiger partial charge in [-0.2, -0.15) is 26.3 Å². The number of carbonyl (C=O) groups excluding carboxylic acids is 4. The molecule has 23 heteroatoms. The van der Waals surface area contributed by atoms with Gasteiger partial charge in [-0.05, 0) is 159 Å². The normalized spacial score (nSPS) is 18.0. The van der Waals surface area contributed by atoms with Crippen molar-refractivity contribution < 1.29 is 69.3 Å². The molecule has 0 bridgehead atoms. The molecule has 7 aromatic rings. The Kier molecular flexibility index (Phi) is 22.8. The maximum atomic E-state index is 14.3. The first-order chi connectivity index (χ1) is 48.3. The summed E-state index contributed by atoms with van der Waals surface area (Å²) in [6.07, 6.45) is -7.53. The predicted octanol–water partition coefficient (Wildman–Crippen LogP) is 13.2. The van der Waals surface area contributed by atoms with Gasteiger partial charge in [0.25, 0.3) is 17.7 Å². The number of rotatable bonds is 24. The Morgan fingerprint density at radius 3 is 1.91 bits per heavy atom. The number of anilines is 1. The van der Waals surface area contributed by atoms with Crippen molar-refractivity contribution in [2.24, 2.45) is 0 Å². The van der Waals surface area contributed by atoms with E-state index in [1.54, 1.807) is 28.8 Å². The summed E-state index contributed by atoms with van der Waals surface area (Å²) in [5.41, 5.74) is 2.72. The second-order valence-electron chi connectivity index (χ2n) is 27.3. The molecule has 11 rings (SSSR count). The molecule has 3 saturated heterocycles. The number of carbonyl (C=O) groups is 5. The van der Waals surface area contributed by atoms with Gasteiger partial charge in [0.2, 0.25) is 5.91 Å². The summed E-state index contributed by atoms with van der Waals surface area (Å²) in [5.74, 6) is -2.04. The van der Waals surface area contributed by atoms with Gasteiger partial charge in [-0.3, -0.25) is 29.0 Å². The highest BCUT2D eigenvalue weighted by Crippen LogP contribution is 2.49. The molecule has 1 N–H and O–H groups in total. The molecule has 0 aromatic heterocycles. The van der Waals surface area contributed by atoms with Crippen LogP contribution in [0, 0.1) is 5.82 Å². The average Bonchev–Trinajstić information content (AvgIpc) is 1.60. The molecule has 5 amide bonds. The molecule has 16 nitrogen and oxygen atoms in total. The highest BCUT2D eigenvalue weighted by atomic mass is 19.4. The van der Waals surface area contributed by atoms with Crippen molar-refractivity contribution in [1.29, 1.82) is 0 Å². The molecule has 3 fully saturated rings. The number of fused-ring (bicyclic) bond motifs is 2. The van der Waals surface area contributed by atoms with Crippen LogP contribution in [0.25, 0.3) is 11.1 Å². The number of ether oxygens (including phenoxy) is 2. The van der Waals surface area contributed by atoms with Crippen molar-refractivity contribution in [3.8, 4) is 11.1 Å². The lowest BCUT2D eigenvalue weighted by atomic mass is 9.72. The van der Waals surface area contributed by atoms with Crippen molar-refractivity contribution in [2.45, 2.75) is 93.5 Å². The molecule has 4 aliphatic rings. The molecule has 0 unspecified atom stereocenters. The van der Waals surface area contributed by atoms with Crippen LogP contribution in [0.5, 0.6) is 0 Å². The van der Waals surface area contributed by atoms with Gasteiger partial charge < -0.3 is 44.0 Å². The third-order valence-corrected chi connectivity index (χ3v) is 20.5. The molecule has 2 atom stereocenters. The van der Waals surface area contributed by atoms with E-state index in [1.807, 2.05) is 129 Å². The van der Waals surface area contributed by atoms with Gasteiger partial charge in [0.05, 0.1) is 29.5 Å². The van der Waals surface area contributed by atoms with Crippen molar-refractivity contribution in [1.82, 2.24) is 34.3 Å². The summed E-state index contributed by atoms with van der Waals surface area (Å²) < 4.78 is 110. The first-order valence-electron chi connectivity index (χ1n) is 34.2. The van der Waals surface area contributed by atoms with Crippen LogP contribution in [0.4, 0.5) is 41.2 Å². The number of para-hydroxylation sites is 1. The largest absolute Gasteiger partial charge is 0.465 e. The molecule has 1 aliphatic carbocycles. The van der Waals surface area contributed by atoms with E-state index < -0.39 is 64.6 Å². The molecular weight excluding hydrogens is 1310 g/mol. The Morgan fingerprint density at radius 1 is 0.614 bits per heavy atom. The second kappa shape index (κ2) is 31.5. The molecule has 101 heavy (non-hydrogen) atoms. The van der Waals surface area contributed by atoms with Gasteiger partial charge in [0.15, 0.2) is 0 Å². The van der Waals surface area contributed by atoms with Crippen LogP contribution in [0.2, 0.25) is 0 Å². The highest BCUT2D eigenvalue weighted by Gasteiger charge is 2.50. The maximum Gasteiger partial charge on any atom is 0.416 e. The summed E-state index contributed by atoms with van der Waals surface area (Å²) in [5, 5.41) is 10.4. The predicted molar refractivity (Wildman–Crippen MR) is 369 cm³/mol. The quantitative estimate of drug-likeness (QED) is 0.0576. The van der Waals surface area contributed by atoms with Gasteiger partial charge in [-0.15, -0.1) is 0 Å². The number of carboxylic acid groups (broad SMARTS) is 1. The van der Waals surface area contributed by atoms with E-state index >= 15 is 0 Å². The molecule has 3 aliphatic heterocycles. The fraction of sp³-hybridized carbons (Fsp3) is 0.397. The van der Waals surface area contributed by atoms with Crippen molar-refractivity contribution in [2.75, 3.05) is 112 Å². The third kappa shape index (κ3) is 17.3. The van der Waals surface area contributed by atoms with E-state index in [9.17, 15) is 59.8 Å². The number of halogens is 7. The van der Waals surface area contributed by atoms with Gasteiger partial charge in [-0.25, -0.2) is 9.18 Å². The summed E-state index contributed by atoms with van der Waals surface area (Å²) in [7, 11) is 7.26. The number of benzene rings is 7. The number of likely N-dealkylation sites (tertiary alicyclic amines) is 2. The topological polar surface area (TPSA) is 150 Å². The highest BCUT2D eigenvalue weighted by molar-refractivity contribution is 5.96. The molecule has 1 spiro atoms. The lowest BCUT2D eigenvalue weighted by Gasteiger charge is -2.44. The SMILES string of the molecule is CN(Cc1ccc(C(=O)N(C)CCCN(C)C(=O)CO[C@H]2Cc3ccccc3C23CCN(CC[C@]2(c4ccc(F)cc4)CN(C(=O)c4cc(C(F)(F)F)cc(C(F)(F)F)c4)CO2)CC3)cc1)Cc1cccc(C(=O)N(C)CCN2CCC(N(C(=O)O)c3ccccc3-c3ccccc3)CC2)c1. The average molecular weight is 1400 g/mol. The summed E-state index contributed by atoms with van der Waals surface area (Å²) in [4.78, 5) is 81.9. The van der Waals surface area contributed by atoms with Crippen LogP contribution in [0.1, 0.15) is 109 Å².